The van der Waals surface area contributed by atoms with Crippen LogP contribution in [0.1, 0.15) is 28.9 Å². The van der Waals surface area contributed by atoms with E-state index in [4.69, 9.17) is 9.84 Å². The molecule has 0 radical (unpaired) electrons. The van der Waals surface area contributed by atoms with Gasteiger partial charge in [-0.15, -0.1) is 0 Å². The summed E-state index contributed by atoms with van der Waals surface area (Å²) in [5, 5.41) is 7.84. The zero-order chi connectivity index (χ0) is 20.9. The Morgan fingerprint density at radius 1 is 0.900 bits per heavy atom. The van der Waals surface area contributed by atoms with Gasteiger partial charge in [0, 0.05) is 5.56 Å². The number of nitrogens with one attached hydrogen (secondary N) is 1. The van der Waals surface area contributed by atoms with Crippen LogP contribution in [0.25, 0.3) is 16.9 Å². The van der Waals surface area contributed by atoms with Gasteiger partial charge in [-0.2, -0.15) is 9.78 Å². The molecule has 5 nitrogen and oxygen atoms in total. The van der Waals surface area contributed by atoms with Gasteiger partial charge < -0.3 is 10.1 Å². The number of hydrogen-bond acceptors (Lipinski definition) is 3. The van der Waals surface area contributed by atoms with Crippen LogP contribution in [0.4, 0.5) is 0 Å². The van der Waals surface area contributed by atoms with Crippen molar-refractivity contribution in [2.24, 2.45) is 0 Å². The Labute approximate surface area is 175 Å². The number of ether oxygens (including phenoxy) is 1. The van der Waals surface area contributed by atoms with Crippen LogP contribution in [-0.2, 0) is 0 Å². The number of nitrogens with zero attached hydrogens (tertiary/aromatic N) is 2. The fraction of sp³-hybridized carbons (Fsp3) is 0.120. The fourth-order valence-corrected chi connectivity index (χ4v) is 3.43. The van der Waals surface area contributed by atoms with Crippen LogP contribution in [0.2, 0.25) is 0 Å². The number of hydrogen-bond donors (Lipinski definition) is 1. The normalized spacial score (nSPS) is 11.7. The highest BCUT2D eigenvalue weighted by Crippen LogP contribution is 2.33. The van der Waals surface area contributed by atoms with Crippen molar-refractivity contribution in [2.45, 2.75) is 13.0 Å². The summed E-state index contributed by atoms with van der Waals surface area (Å²) in [5.74, 6) is 0.169. The zero-order valence-electron chi connectivity index (χ0n) is 16.9. The lowest BCUT2D eigenvalue weighted by Gasteiger charge is -2.15. The number of aromatic nitrogens is 2. The number of carbonyl (C=O) groups excluding carboxylic acids is 1. The summed E-state index contributed by atoms with van der Waals surface area (Å²) in [5.41, 5.74) is 3.69. The molecule has 4 rings (SSSR count). The number of methoxy groups -OCH3 is 1. The van der Waals surface area contributed by atoms with E-state index in [9.17, 15) is 4.79 Å². The lowest BCUT2D eigenvalue weighted by Crippen LogP contribution is -2.27. The van der Waals surface area contributed by atoms with E-state index in [-0.39, 0.29) is 11.9 Å². The van der Waals surface area contributed by atoms with Gasteiger partial charge in [-0.25, -0.2) is 0 Å². The van der Waals surface area contributed by atoms with Gasteiger partial charge in [0.25, 0.3) is 5.91 Å². The molecule has 30 heavy (non-hydrogen) atoms. The van der Waals surface area contributed by atoms with Crippen molar-refractivity contribution in [3.8, 4) is 22.8 Å². The minimum Gasteiger partial charge on any atom is -0.480 e. The molecule has 1 aromatic heterocycles. The maximum Gasteiger partial charge on any atom is 0.259 e. The van der Waals surface area contributed by atoms with E-state index in [2.05, 4.69) is 5.32 Å². The predicted molar refractivity (Wildman–Crippen MR) is 118 cm³/mol. The largest absolute Gasteiger partial charge is 0.480 e. The Morgan fingerprint density at radius 2 is 1.47 bits per heavy atom. The van der Waals surface area contributed by atoms with Gasteiger partial charge in [0.05, 0.1) is 18.8 Å². The van der Waals surface area contributed by atoms with Crippen LogP contribution in [-0.4, -0.2) is 22.8 Å². The second-order valence-electron chi connectivity index (χ2n) is 6.95. The third kappa shape index (κ3) is 3.82. The smallest absolute Gasteiger partial charge is 0.259 e. The lowest BCUT2D eigenvalue weighted by atomic mass is 10.1. The van der Waals surface area contributed by atoms with Crippen LogP contribution < -0.4 is 10.1 Å². The number of amides is 1. The monoisotopic (exact) mass is 397 g/mol. The average molecular weight is 397 g/mol. The van der Waals surface area contributed by atoms with Gasteiger partial charge in [0.15, 0.2) is 0 Å². The van der Waals surface area contributed by atoms with E-state index >= 15 is 0 Å². The number of benzene rings is 3. The second kappa shape index (κ2) is 8.66. The Balaban J connectivity index is 1.80. The quantitative estimate of drug-likeness (QED) is 0.496. The molecule has 1 unspecified atom stereocenters. The Bertz CT molecular complexity index is 1120. The highest BCUT2D eigenvalue weighted by molar-refractivity contribution is 6.02. The van der Waals surface area contributed by atoms with Crippen molar-refractivity contribution < 1.29 is 9.53 Å². The van der Waals surface area contributed by atoms with E-state index in [0.717, 1.165) is 16.8 Å². The minimum absolute atomic E-state index is 0.160. The molecule has 0 fully saturated rings. The average Bonchev–Trinajstić information content (AvgIpc) is 3.20. The summed E-state index contributed by atoms with van der Waals surface area (Å²) in [6.07, 6.45) is 0. The summed E-state index contributed by atoms with van der Waals surface area (Å²) in [6, 6.07) is 29.0. The third-order valence-electron chi connectivity index (χ3n) is 4.96. The number of rotatable bonds is 6. The van der Waals surface area contributed by atoms with Crippen molar-refractivity contribution in [1.29, 1.82) is 0 Å². The molecule has 0 aliphatic heterocycles. The van der Waals surface area contributed by atoms with Crippen molar-refractivity contribution in [3.63, 3.8) is 0 Å². The molecule has 0 spiro atoms. The first-order chi connectivity index (χ1) is 14.7. The van der Waals surface area contributed by atoms with Crippen LogP contribution in [0, 0.1) is 0 Å². The van der Waals surface area contributed by atoms with Crippen molar-refractivity contribution >= 4 is 5.91 Å². The van der Waals surface area contributed by atoms with Crippen molar-refractivity contribution in [1.82, 2.24) is 15.1 Å². The van der Waals surface area contributed by atoms with Gasteiger partial charge in [-0.1, -0.05) is 78.9 Å². The maximum absolute atomic E-state index is 13.4. The molecule has 3 aromatic carbocycles. The molecule has 150 valence electrons. The van der Waals surface area contributed by atoms with Crippen molar-refractivity contribution in [3.05, 3.63) is 102 Å². The molecule has 5 heteroatoms. The topological polar surface area (TPSA) is 56.1 Å². The van der Waals surface area contributed by atoms with Gasteiger partial charge in [-0.3, -0.25) is 4.79 Å². The molecule has 1 amide bonds. The first kappa shape index (κ1) is 19.5. The van der Waals surface area contributed by atoms with E-state index in [0.29, 0.717) is 17.1 Å². The molecule has 1 atom stereocenters. The molecule has 4 aromatic rings. The van der Waals surface area contributed by atoms with E-state index < -0.39 is 0 Å². The molecule has 0 bridgehead atoms. The van der Waals surface area contributed by atoms with Crippen LogP contribution in [0.3, 0.4) is 0 Å². The maximum atomic E-state index is 13.4. The van der Waals surface area contributed by atoms with Crippen LogP contribution in [0.15, 0.2) is 91.0 Å². The molecule has 0 saturated carbocycles. The molecule has 1 heterocycles. The highest BCUT2D eigenvalue weighted by Gasteiger charge is 2.27. The third-order valence-corrected chi connectivity index (χ3v) is 4.96. The summed E-state index contributed by atoms with van der Waals surface area (Å²) >= 11 is 0. The molecule has 0 aliphatic rings. The second-order valence-corrected chi connectivity index (χ2v) is 6.95. The van der Waals surface area contributed by atoms with Gasteiger partial charge in [-0.05, 0) is 24.6 Å². The molecular weight excluding hydrogens is 374 g/mol. The SMILES string of the molecule is COc1c(C(=O)NC(C)c2ccccc2)c(-c2ccccc2)nn1-c1ccccc1. The standard InChI is InChI=1S/C25H23N3O2/c1-18(19-12-6-3-7-13-19)26-24(29)22-23(20-14-8-4-9-15-20)27-28(25(22)30-2)21-16-10-5-11-17-21/h3-18H,1-2H3,(H,26,29). The van der Waals surface area contributed by atoms with Gasteiger partial charge in [0.2, 0.25) is 5.88 Å². The van der Waals surface area contributed by atoms with E-state index in [1.165, 1.54) is 0 Å². The van der Waals surface area contributed by atoms with Crippen LogP contribution >= 0.6 is 0 Å². The lowest BCUT2D eigenvalue weighted by molar-refractivity contribution is 0.0937. The highest BCUT2D eigenvalue weighted by atomic mass is 16.5. The first-order valence-corrected chi connectivity index (χ1v) is 9.82. The first-order valence-electron chi connectivity index (χ1n) is 9.82. The van der Waals surface area contributed by atoms with Gasteiger partial charge in [0.1, 0.15) is 11.3 Å². The zero-order valence-corrected chi connectivity index (χ0v) is 16.9. The van der Waals surface area contributed by atoms with Gasteiger partial charge >= 0.3 is 0 Å². The minimum atomic E-state index is -0.232. The van der Waals surface area contributed by atoms with E-state index in [1.54, 1.807) is 11.8 Å². The summed E-state index contributed by atoms with van der Waals surface area (Å²) in [7, 11) is 1.56. The Kier molecular flexibility index (Phi) is 5.61. The molecule has 0 aliphatic carbocycles. The predicted octanol–water partition coefficient (Wildman–Crippen LogP) is 5.04. The summed E-state index contributed by atoms with van der Waals surface area (Å²) in [4.78, 5) is 13.4. The van der Waals surface area contributed by atoms with E-state index in [1.807, 2.05) is 97.9 Å². The summed E-state index contributed by atoms with van der Waals surface area (Å²) in [6.45, 7) is 1.96. The number of para-hydroxylation sites is 1. The molecule has 0 saturated heterocycles. The Hall–Kier alpha value is -3.86. The summed E-state index contributed by atoms with van der Waals surface area (Å²) < 4.78 is 7.35. The Morgan fingerprint density at radius 3 is 2.07 bits per heavy atom. The fourth-order valence-electron chi connectivity index (χ4n) is 3.43. The number of carbonyl (C=O) groups is 1. The van der Waals surface area contributed by atoms with Crippen molar-refractivity contribution in [2.75, 3.05) is 7.11 Å². The molecule has 1 N–H and O–H groups in total. The van der Waals surface area contributed by atoms with Crippen LogP contribution in [0.5, 0.6) is 5.88 Å². The molecular formula is C25H23N3O2.